The van der Waals surface area contributed by atoms with Crippen LogP contribution in [0.15, 0.2) is 46.9 Å². The molecule has 0 aliphatic heterocycles. The second-order valence-electron chi connectivity index (χ2n) is 11.8. The van der Waals surface area contributed by atoms with E-state index in [1.165, 1.54) is 11.4 Å². The van der Waals surface area contributed by atoms with Gasteiger partial charge in [-0.3, -0.25) is 4.31 Å². The Kier molecular flexibility index (Phi) is 11.8. The fourth-order valence-electron chi connectivity index (χ4n) is 4.50. The number of anilines is 2. The molecular weight excluding hydrogens is 629 g/mol. The third kappa shape index (κ3) is 9.62. The van der Waals surface area contributed by atoms with Crippen molar-refractivity contribution in [2.45, 2.75) is 57.5 Å². The fourth-order valence-corrected chi connectivity index (χ4v) is 5.49. The normalized spacial score (nSPS) is 17.5. The van der Waals surface area contributed by atoms with Crippen LogP contribution in [0.1, 0.15) is 45.6 Å². The minimum Gasteiger partial charge on any atom is -0.475 e. The summed E-state index contributed by atoms with van der Waals surface area (Å²) < 4.78 is 70.5. The summed E-state index contributed by atoms with van der Waals surface area (Å²) in [4.78, 5) is 15.8. The van der Waals surface area contributed by atoms with E-state index in [9.17, 15) is 21.6 Å². The number of aromatic nitrogens is 3. The molecule has 12 nitrogen and oxygen atoms in total. The van der Waals surface area contributed by atoms with E-state index in [1.54, 1.807) is 27.0 Å². The maximum Gasteiger partial charge on any atom is 0.490 e. The van der Waals surface area contributed by atoms with E-state index in [1.807, 2.05) is 43.3 Å². The molecule has 2 heterocycles. The molecule has 0 radical (unpaired) electrons. The van der Waals surface area contributed by atoms with Gasteiger partial charge in [-0.2, -0.15) is 13.2 Å². The lowest BCUT2D eigenvalue weighted by Gasteiger charge is -2.27. The summed E-state index contributed by atoms with van der Waals surface area (Å²) in [6.07, 6.45) is -3.41. The minimum atomic E-state index is -5.08. The Hall–Kier alpha value is -3.76. The van der Waals surface area contributed by atoms with Crippen LogP contribution >= 0.6 is 0 Å². The highest BCUT2D eigenvalue weighted by Crippen LogP contribution is 2.39. The molecule has 3 atom stereocenters. The number of carboxylic acids is 1. The first-order valence-corrected chi connectivity index (χ1v) is 16.1. The molecule has 46 heavy (non-hydrogen) atoms. The standard InChI is InChI=1S/C28H40N6O4S.C2HF3O2/c1-19(2)39(35,36)33(5)24-15-22(16-25(30-24)34(12-13-37-6)18-23-14-20(23)3)26-31-32-27(38-26)28(4,29)17-21-10-8-7-9-11-21;3-2(4,5)1(6)7/h7-11,15-16,19-20,23H,12-14,17-18,29H2,1-6H3;(H,6,7)/t20-,23+,28-;/m1./s1. The highest BCUT2D eigenvalue weighted by Gasteiger charge is 2.38. The highest BCUT2D eigenvalue weighted by molar-refractivity contribution is 7.93. The van der Waals surface area contributed by atoms with Crippen molar-refractivity contribution in [3.63, 3.8) is 0 Å². The van der Waals surface area contributed by atoms with E-state index in [0.29, 0.717) is 48.7 Å². The lowest BCUT2D eigenvalue weighted by Crippen LogP contribution is -2.35. The first-order valence-electron chi connectivity index (χ1n) is 14.6. The van der Waals surface area contributed by atoms with Crippen LogP contribution < -0.4 is 14.9 Å². The molecule has 1 fully saturated rings. The average molecular weight is 671 g/mol. The number of carbonyl (C=O) groups is 1. The molecule has 0 saturated heterocycles. The van der Waals surface area contributed by atoms with Gasteiger partial charge in [0.15, 0.2) is 0 Å². The maximum atomic E-state index is 13.1. The van der Waals surface area contributed by atoms with E-state index in [2.05, 4.69) is 22.0 Å². The number of benzene rings is 1. The molecule has 0 spiro atoms. The summed E-state index contributed by atoms with van der Waals surface area (Å²) in [6, 6.07) is 13.4. The van der Waals surface area contributed by atoms with Gasteiger partial charge in [0.25, 0.3) is 0 Å². The number of methoxy groups -OCH3 is 1. The van der Waals surface area contributed by atoms with Gasteiger partial charge in [-0.15, -0.1) is 10.2 Å². The van der Waals surface area contributed by atoms with E-state index in [4.69, 9.17) is 29.8 Å². The van der Waals surface area contributed by atoms with Crippen LogP contribution in [0.2, 0.25) is 0 Å². The van der Waals surface area contributed by atoms with Crippen molar-refractivity contribution in [3.8, 4) is 11.5 Å². The molecule has 1 aliphatic rings. The fraction of sp³-hybridized carbons (Fsp3) is 0.533. The van der Waals surface area contributed by atoms with Crippen LogP contribution in [0.25, 0.3) is 11.5 Å². The molecule has 1 saturated carbocycles. The van der Waals surface area contributed by atoms with Crippen molar-refractivity contribution in [1.82, 2.24) is 15.2 Å². The van der Waals surface area contributed by atoms with Gasteiger partial charge in [-0.05, 0) is 63.1 Å². The second-order valence-corrected chi connectivity index (χ2v) is 14.4. The molecule has 0 amide bonds. The van der Waals surface area contributed by atoms with E-state index in [-0.39, 0.29) is 11.7 Å². The smallest absolute Gasteiger partial charge is 0.475 e. The molecule has 0 unspecified atom stereocenters. The zero-order chi connectivity index (χ0) is 34.4. The Morgan fingerprint density at radius 3 is 2.28 bits per heavy atom. The number of sulfonamides is 1. The Balaban J connectivity index is 0.000000738. The van der Waals surface area contributed by atoms with Crippen LogP contribution in [0.3, 0.4) is 0 Å². The van der Waals surface area contributed by atoms with Gasteiger partial charge in [-0.1, -0.05) is 37.3 Å². The van der Waals surface area contributed by atoms with Crippen molar-refractivity contribution in [1.29, 1.82) is 0 Å². The molecule has 3 aromatic rings. The average Bonchev–Trinajstić information content (AvgIpc) is 3.44. The van der Waals surface area contributed by atoms with Gasteiger partial charge in [-0.25, -0.2) is 18.2 Å². The number of rotatable bonds is 13. The summed E-state index contributed by atoms with van der Waals surface area (Å²) in [6.45, 7) is 9.31. The Morgan fingerprint density at radius 1 is 1.17 bits per heavy atom. The topological polar surface area (TPSA) is 165 Å². The Bertz CT molecular complexity index is 1570. The summed E-state index contributed by atoms with van der Waals surface area (Å²) in [5.41, 5.74) is 7.35. The van der Waals surface area contributed by atoms with Gasteiger partial charge in [0, 0.05) is 32.8 Å². The van der Waals surface area contributed by atoms with E-state index < -0.39 is 33.0 Å². The van der Waals surface area contributed by atoms with Gasteiger partial charge in [0.1, 0.15) is 11.6 Å². The van der Waals surface area contributed by atoms with Crippen molar-refractivity contribution < 1.29 is 40.6 Å². The SMILES string of the molecule is COCCN(C[C@@H]1C[C@H]1C)c1cc(-c2nnc([C@](C)(N)Cc3ccccc3)o2)cc(N(C)S(=O)(=O)C(C)C)n1.O=C(O)C(F)(F)F. The van der Waals surface area contributed by atoms with Crippen LogP contribution in [0, 0.1) is 11.8 Å². The van der Waals surface area contributed by atoms with Gasteiger partial charge >= 0.3 is 12.1 Å². The second kappa shape index (κ2) is 14.8. The molecule has 254 valence electrons. The molecule has 1 aromatic carbocycles. The number of pyridine rings is 1. The van der Waals surface area contributed by atoms with Crippen LogP contribution in [0.4, 0.5) is 24.8 Å². The van der Waals surface area contributed by atoms with Gasteiger partial charge < -0.3 is 24.9 Å². The number of aliphatic carboxylic acids is 1. The zero-order valence-electron chi connectivity index (χ0n) is 26.7. The number of alkyl halides is 3. The highest BCUT2D eigenvalue weighted by atomic mass is 32.2. The number of ether oxygens (including phenoxy) is 1. The number of nitrogens with two attached hydrogens (primary N) is 1. The molecular formula is C30H41F3N6O6S. The largest absolute Gasteiger partial charge is 0.490 e. The summed E-state index contributed by atoms with van der Waals surface area (Å²) in [5.74, 6) is -0.0988. The number of nitrogens with zero attached hydrogens (tertiary/aromatic N) is 5. The monoisotopic (exact) mass is 670 g/mol. The number of carboxylic acid groups (broad SMARTS) is 1. The lowest BCUT2D eigenvalue weighted by atomic mass is 9.94. The summed E-state index contributed by atoms with van der Waals surface area (Å²) in [7, 11) is -0.440. The van der Waals surface area contributed by atoms with Crippen LogP contribution in [-0.4, -0.2) is 80.0 Å². The maximum absolute atomic E-state index is 13.1. The predicted molar refractivity (Wildman–Crippen MR) is 167 cm³/mol. The Labute approximate surface area is 266 Å². The van der Waals surface area contributed by atoms with Crippen LogP contribution in [0.5, 0.6) is 0 Å². The van der Waals surface area contributed by atoms with Crippen molar-refractivity contribution in [3.05, 3.63) is 53.9 Å². The predicted octanol–water partition coefficient (Wildman–Crippen LogP) is 4.46. The number of hydrogen-bond acceptors (Lipinski definition) is 10. The van der Waals surface area contributed by atoms with Crippen molar-refractivity contribution in [2.24, 2.45) is 17.6 Å². The molecule has 2 aromatic heterocycles. The third-order valence-corrected chi connectivity index (χ3v) is 9.68. The Morgan fingerprint density at radius 2 is 1.76 bits per heavy atom. The summed E-state index contributed by atoms with van der Waals surface area (Å²) >= 11 is 0. The zero-order valence-corrected chi connectivity index (χ0v) is 27.5. The number of halogens is 3. The first kappa shape index (κ1) is 36.7. The van der Waals surface area contributed by atoms with E-state index in [0.717, 1.165) is 18.5 Å². The lowest BCUT2D eigenvalue weighted by molar-refractivity contribution is -0.192. The first-order chi connectivity index (χ1) is 21.4. The third-order valence-electron chi connectivity index (χ3n) is 7.54. The minimum absolute atomic E-state index is 0.251. The van der Waals surface area contributed by atoms with Crippen molar-refractivity contribution in [2.75, 3.05) is 43.1 Å². The molecule has 0 bridgehead atoms. The van der Waals surface area contributed by atoms with Crippen molar-refractivity contribution >= 4 is 27.6 Å². The van der Waals surface area contributed by atoms with Gasteiger partial charge in [0.05, 0.1) is 17.4 Å². The van der Waals surface area contributed by atoms with Crippen LogP contribution in [-0.2, 0) is 31.5 Å². The molecule has 16 heteroatoms. The molecule has 4 rings (SSSR count). The number of hydrogen-bond donors (Lipinski definition) is 2. The molecule has 3 N–H and O–H groups in total. The van der Waals surface area contributed by atoms with Gasteiger partial charge in [0.2, 0.25) is 21.8 Å². The summed E-state index contributed by atoms with van der Waals surface area (Å²) in [5, 5.41) is 15.1. The molecule has 1 aliphatic carbocycles. The van der Waals surface area contributed by atoms with E-state index >= 15 is 0 Å². The quantitative estimate of drug-likeness (QED) is 0.264.